The van der Waals surface area contributed by atoms with Crippen molar-refractivity contribution in [2.24, 2.45) is 0 Å². The maximum atomic E-state index is 9.54. The van der Waals surface area contributed by atoms with E-state index in [9.17, 15) is 5.11 Å². The van der Waals surface area contributed by atoms with E-state index in [-0.39, 0.29) is 12.1 Å². The van der Waals surface area contributed by atoms with Gasteiger partial charge in [-0.15, -0.1) is 0 Å². The smallest absolute Gasteiger partial charge is 0.0948 e. The summed E-state index contributed by atoms with van der Waals surface area (Å²) in [7, 11) is 0. The molecule has 4 heteroatoms. The number of hydrogen-bond acceptors (Lipinski definition) is 4. The van der Waals surface area contributed by atoms with Gasteiger partial charge in [-0.05, 0) is 24.1 Å². The maximum absolute atomic E-state index is 9.54. The van der Waals surface area contributed by atoms with E-state index in [4.69, 9.17) is 4.74 Å². The summed E-state index contributed by atoms with van der Waals surface area (Å²) < 4.78 is 5.16. The minimum atomic E-state index is -0.382. The highest BCUT2D eigenvalue weighted by atomic mass is 16.5. The van der Waals surface area contributed by atoms with Crippen LogP contribution in [0.25, 0.3) is 0 Å². The number of nitrogens with zero attached hydrogens (tertiary/aromatic N) is 1. The Morgan fingerprint density at radius 1 is 1.60 bits per heavy atom. The maximum Gasteiger partial charge on any atom is 0.0948 e. The number of pyridine rings is 1. The normalized spacial score (nSPS) is 25.7. The van der Waals surface area contributed by atoms with Crippen molar-refractivity contribution in [2.75, 3.05) is 13.2 Å². The molecule has 0 aromatic carbocycles. The molecule has 2 N–H and O–H groups in total. The summed E-state index contributed by atoms with van der Waals surface area (Å²) in [6.07, 6.45) is 3.25. The number of hydrogen-bond donors (Lipinski definition) is 2. The molecule has 1 saturated heterocycles. The van der Waals surface area contributed by atoms with Crippen LogP contribution in [0, 0.1) is 6.92 Å². The van der Waals surface area contributed by atoms with E-state index < -0.39 is 0 Å². The van der Waals surface area contributed by atoms with Gasteiger partial charge >= 0.3 is 0 Å². The lowest BCUT2D eigenvalue weighted by Crippen LogP contribution is -2.38. The van der Waals surface area contributed by atoms with E-state index >= 15 is 0 Å². The lowest BCUT2D eigenvalue weighted by molar-refractivity contribution is 0.122. The van der Waals surface area contributed by atoms with Crippen LogP contribution in [0.2, 0.25) is 0 Å². The Labute approximate surface area is 89.3 Å². The molecule has 0 bridgehead atoms. The van der Waals surface area contributed by atoms with E-state index in [1.54, 1.807) is 6.20 Å². The van der Waals surface area contributed by atoms with Crippen LogP contribution in [-0.4, -0.2) is 35.5 Å². The quantitative estimate of drug-likeness (QED) is 0.747. The van der Waals surface area contributed by atoms with Crippen molar-refractivity contribution in [2.45, 2.75) is 25.6 Å². The van der Waals surface area contributed by atoms with Gasteiger partial charge in [-0.2, -0.15) is 0 Å². The highest BCUT2D eigenvalue weighted by Crippen LogP contribution is 2.08. The molecule has 82 valence electrons. The molecule has 2 heterocycles. The predicted molar refractivity (Wildman–Crippen MR) is 56.4 cm³/mol. The SMILES string of the molecule is Cc1cnccc1CNC1COCC1O. The van der Waals surface area contributed by atoms with Gasteiger partial charge in [0.1, 0.15) is 0 Å². The first-order valence-corrected chi connectivity index (χ1v) is 5.16. The van der Waals surface area contributed by atoms with Crippen LogP contribution in [-0.2, 0) is 11.3 Å². The number of aliphatic hydroxyl groups is 1. The molecular formula is C11H16N2O2. The summed E-state index contributed by atoms with van der Waals surface area (Å²) in [6.45, 7) is 3.81. The first-order chi connectivity index (χ1) is 7.27. The van der Waals surface area contributed by atoms with Crippen LogP contribution in [0.15, 0.2) is 18.5 Å². The number of nitrogens with one attached hydrogen (secondary N) is 1. The Kier molecular flexibility index (Phi) is 3.30. The molecular weight excluding hydrogens is 192 g/mol. The molecule has 1 aliphatic heterocycles. The molecule has 0 spiro atoms. The van der Waals surface area contributed by atoms with Gasteiger partial charge < -0.3 is 15.2 Å². The average Bonchev–Trinajstić information content (AvgIpc) is 2.63. The minimum absolute atomic E-state index is 0.0533. The van der Waals surface area contributed by atoms with Gasteiger partial charge in [-0.1, -0.05) is 0 Å². The Hall–Kier alpha value is -0.970. The van der Waals surface area contributed by atoms with Gasteiger partial charge in [0.25, 0.3) is 0 Å². The lowest BCUT2D eigenvalue weighted by Gasteiger charge is -2.15. The highest BCUT2D eigenvalue weighted by molar-refractivity contribution is 5.21. The second-order valence-electron chi connectivity index (χ2n) is 3.89. The summed E-state index contributed by atoms with van der Waals surface area (Å²) in [6, 6.07) is 2.04. The van der Waals surface area contributed by atoms with E-state index in [0.29, 0.717) is 13.2 Å². The van der Waals surface area contributed by atoms with Gasteiger partial charge in [0.05, 0.1) is 25.4 Å². The number of rotatable bonds is 3. The van der Waals surface area contributed by atoms with Crippen LogP contribution in [0.1, 0.15) is 11.1 Å². The predicted octanol–water partition coefficient (Wildman–Crippen LogP) is 0.239. The standard InChI is InChI=1S/C11H16N2O2/c1-8-4-12-3-2-9(8)5-13-10-6-15-7-11(10)14/h2-4,10-11,13-14H,5-7H2,1H3. The fourth-order valence-corrected chi connectivity index (χ4v) is 1.68. The molecule has 4 nitrogen and oxygen atoms in total. The van der Waals surface area contributed by atoms with Gasteiger partial charge in [0.15, 0.2) is 0 Å². The average molecular weight is 208 g/mol. The third-order valence-electron chi connectivity index (χ3n) is 2.74. The molecule has 1 aromatic heterocycles. The van der Waals surface area contributed by atoms with Crippen molar-refractivity contribution in [3.8, 4) is 0 Å². The zero-order chi connectivity index (χ0) is 10.7. The molecule has 2 rings (SSSR count). The van der Waals surface area contributed by atoms with Crippen molar-refractivity contribution < 1.29 is 9.84 Å². The van der Waals surface area contributed by atoms with Crippen LogP contribution >= 0.6 is 0 Å². The molecule has 1 aliphatic rings. The highest BCUT2D eigenvalue weighted by Gasteiger charge is 2.25. The van der Waals surface area contributed by atoms with Gasteiger partial charge in [0, 0.05) is 18.9 Å². The van der Waals surface area contributed by atoms with Crippen molar-refractivity contribution in [3.05, 3.63) is 29.6 Å². The summed E-state index contributed by atoms with van der Waals surface area (Å²) in [5, 5.41) is 12.8. The fraction of sp³-hybridized carbons (Fsp3) is 0.545. The van der Waals surface area contributed by atoms with E-state index in [2.05, 4.69) is 10.3 Å². The van der Waals surface area contributed by atoms with Crippen LogP contribution in [0.3, 0.4) is 0 Å². The van der Waals surface area contributed by atoms with E-state index in [1.165, 1.54) is 11.1 Å². The molecule has 15 heavy (non-hydrogen) atoms. The molecule has 0 aliphatic carbocycles. The van der Waals surface area contributed by atoms with E-state index in [0.717, 1.165) is 6.54 Å². The second-order valence-corrected chi connectivity index (χ2v) is 3.89. The molecule has 0 saturated carbocycles. The Balaban J connectivity index is 1.90. The summed E-state index contributed by atoms with van der Waals surface area (Å²) in [5.41, 5.74) is 2.38. The summed E-state index contributed by atoms with van der Waals surface area (Å²) in [5.74, 6) is 0. The molecule has 0 radical (unpaired) electrons. The zero-order valence-electron chi connectivity index (χ0n) is 8.81. The number of aromatic nitrogens is 1. The van der Waals surface area contributed by atoms with Gasteiger partial charge in [-0.3, -0.25) is 4.98 Å². The Bertz CT molecular complexity index is 330. The van der Waals surface area contributed by atoms with Crippen molar-refractivity contribution >= 4 is 0 Å². The topological polar surface area (TPSA) is 54.4 Å². The molecule has 0 amide bonds. The van der Waals surface area contributed by atoms with Crippen molar-refractivity contribution in [1.82, 2.24) is 10.3 Å². The Morgan fingerprint density at radius 3 is 3.13 bits per heavy atom. The Morgan fingerprint density at radius 2 is 2.47 bits per heavy atom. The zero-order valence-corrected chi connectivity index (χ0v) is 8.81. The first-order valence-electron chi connectivity index (χ1n) is 5.16. The monoisotopic (exact) mass is 208 g/mol. The largest absolute Gasteiger partial charge is 0.389 e. The molecule has 2 atom stereocenters. The first kappa shape index (κ1) is 10.5. The number of aliphatic hydroxyl groups excluding tert-OH is 1. The number of aryl methyl sites for hydroxylation is 1. The second kappa shape index (κ2) is 4.70. The lowest BCUT2D eigenvalue weighted by atomic mass is 10.1. The number of ether oxygens (including phenoxy) is 1. The minimum Gasteiger partial charge on any atom is -0.389 e. The fourth-order valence-electron chi connectivity index (χ4n) is 1.68. The molecule has 1 fully saturated rings. The molecule has 1 aromatic rings. The third-order valence-corrected chi connectivity index (χ3v) is 2.74. The van der Waals surface area contributed by atoms with Gasteiger partial charge in [-0.25, -0.2) is 0 Å². The summed E-state index contributed by atoms with van der Waals surface area (Å²) in [4.78, 5) is 4.04. The van der Waals surface area contributed by atoms with E-state index in [1.807, 2.05) is 19.2 Å². The van der Waals surface area contributed by atoms with Crippen LogP contribution < -0.4 is 5.32 Å². The molecule has 2 unspecified atom stereocenters. The van der Waals surface area contributed by atoms with Crippen molar-refractivity contribution in [1.29, 1.82) is 0 Å². The van der Waals surface area contributed by atoms with Gasteiger partial charge in [0.2, 0.25) is 0 Å². The van der Waals surface area contributed by atoms with Crippen LogP contribution in [0.5, 0.6) is 0 Å². The van der Waals surface area contributed by atoms with Crippen molar-refractivity contribution in [3.63, 3.8) is 0 Å². The third kappa shape index (κ3) is 2.53. The van der Waals surface area contributed by atoms with Crippen LogP contribution in [0.4, 0.5) is 0 Å². The summed E-state index contributed by atoms with van der Waals surface area (Å²) >= 11 is 0.